The van der Waals surface area contributed by atoms with Crippen LogP contribution in [-0.2, 0) is 6.42 Å². The van der Waals surface area contributed by atoms with Gasteiger partial charge in [0.15, 0.2) is 5.13 Å². The molecule has 5 heteroatoms. The fourth-order valence-electron chi connectivity index (χ4n) is 0.973. The number of nitrogens with zero attached hydrogens (tertiary/aromatic N) is 2. The van der Waals surface area contributed by atoms with Gasteiger partial charge in [0.1, 0.15) is 0 Å². The molecule has 0 saturated carbocycles. The second kappa shape index (κ2) is 4.55. The van der Waals surface area contributed by atoms with E-state index >= 15 is 0 Å². The molecule has 0 spiro atoms. The quantitative estimate of drug-likeness (QED) is 0.710. The standard InChI is InChI=1S/C8H16N4S/c1-6(9)4-7-5-13-8(10-7)11-12(2)3/h5-6H,4,9H2,1-3H3,(H,10,11). The first-order valence-electron chi connectivity index (χ1n) is 4.22. The highest BCUT2D eigenvalue weighted by atomic mass is 32.1. The first-order chi connectivity index (χ1) is 6.08. The maximum Gasteiger partial charge on any atom is 0.197 e. The molecule has 0 fully saturated rings. The molecule has 1 heterocycles. The molecular weight excluding hydrogens is 184 g/mol. The summed E-state index contributed by atoms with van der Waals surface area (Å²) < 4.78 is 0. The molecule has 0 aliphatic rings. The highest BCUT2D eigenvalue weighted by molar-refractivity contribution is 7.13. The maximum absolute atomic E-state index is 5.67. The molecule has 0 aromatic carbocycles. The molecule has 0 bridgehead atoms. The van der Waals surface area contributed by atoms with Gasteiger partial charge < -0.3 is 5.73 Å². The van der Waals surface area contributed by atoms with Crippen molar-refractivity contribution in [3.05, 3.63) is 11.1 Å². The normalized spacial score (nSPS) is 13.3. The van der Waals surface area contributed by atoms with Crippen molar-refractivity contribution >= 4 is 16.5 Å². The van der Waals surface area contributed by atoms with Crippen molar-refractivity contribution in [2.45, 2.75) is 19.4 Å². The Kier molecular flexibility index (Phi) is 3.65. The third kappa shape index (κ3) is 3.71. The van der Waals surface area contributed by atoms with Gasteiger partial charge in [-0.25, -0.2) is 9.99 Å². The molecule has 0 aliphatic heterocycles. The second-order valence-electron chi connectivity index (χ2n) is 3.33. The highest BCUT2D eigenvalue weighted by Crippen LogP contribution is 2.16. The van der Waals surface area contributed by atoms with Crippen LogP contribution in [0.3, 0.4) is 0 Å². The molecule has 0 saturated heterocycles. The Morgan fingerprint density at radius 2 is 2.38 bits per heavy atom. The lowest BCUT2D eigenvalue weighted by Crippen LogP contribution is -2.20. The first kappa shape index (κ1) is 10.4. The fourth-order valence-corrected chi connectivity index (χ4v) is 1.78. The van der Waals surface area contributed by atoms with Crippen molar-refractivity contribution in [1.29, 1.82) is 0 Å². The van der Waals surface area contributed by atoms with Gasteiger partial charge >= 0.3 is 0 Å². The van der Waals surface area contributed by atoms with Crippen LogP contribution in [0.4, 0.5) is 5.13 Å². The number of nitrogens with one attached hydrogen (secondary N) is 1. The van der Waals surface area contributed by atoms with Crippen LogP contribution in [0, 0.1) is 0 Å². The van der Waals surface area contributed by atoms with Crippen LogP contribution >= 0.6 is 11.3 Å². The van der Waals surface area contributed by atoms with Gasteiger partial charge in [0, 0.05) is 31.9 Å². The molecule has 0 aliphatic carbocycles. The minimum absolute atomic E-state index is 0.175. The van der Waals surface area contributed by atoms with E-state index in [0.717, 1.165) is 17.2 Å². The van der Waals surface area contributed by atoms with Crippen LogP contribution in [0.15, 0.2) is 5.38 Å². The minimum Gasteiger partial charge on any atom is -0.328 e. The summed E-state index contributed by atoms with van der Waals surface area (Å²) in [5.74, 6) is 0. The predicted molar refractivity (Wildman–Crippen MR) is 56.8 cm³/mol. The number of nitrogens with two attached hydrogens (primary N) is 1. The predicted octanol–water partition coefficient (Wildman–Crippen LogP) is 0.921. The lowest BCUT2D eigenvalue weighted by atomic mass is 10.2. The summed E-state index contributed by atoms with van der Waals surface area (Å²) in [6, 6.07) is 0.175. The van der Waals surface area contributed by atoms with Crippen molar-refractivity contribution in [1.82, 2.24) is 9.99 Å². The minimum atomic E-state index is 0.175. The van der Waals surface area contributed by atoms with Crippen LogP contribution in [0.1, 0.15) is 12.6 Å². The van der Waals surface area contributed by atoms with Crippen LogP contribution in [0.5, 0.6) is 0 Å². The van der Waals surface area contributed by atoms with Crippen molar-refractivity contribution in [2.24, 2.45) is 5.73 Å². The molecule has 1 aromatic heterocycles. The van der Waals surface area contributed by atoms with E-state index in [1.165, 1.54) is 0 Å². The SMILES string of the molecule is CC(N)Cc1csc(NN(C)C)n1. The molecule has 1 aromatic rings. The van der Waals surface area contributed by atoms with Crippen molar-refractivity contribution in [3.63, 3.8) is 0 Å². The zero-order valence-corrected chi connectivity index (χ0v) is 9.06. The molecule has 3 N–H and O–H groups in total. The number of anilines is 1. The van der Waals surface area contributed by atoms with Gasteiger partial charge in [-0.05, 0) is 6.92 Å². The molecule has 1 rings (SSSR count). The summed E-state index contributed by atoms with van der Waals surface area (Å²) in [5.41, 5.74) is 9.83. The fraction of sp³-hybridized carbons (Fsp3) is 0.625. The third-order valence-electron chi connectivity index (χ3n) is 1.40. The Balaban J connectivity index is 2.53. The monoisotopic (exact) mass is 200 g/mol. The lowest BCUT2D eigenvalue weighted by Gasteiger charge is -2.09. The van der Waals surface area contributed by atoms with E-state index in [-0.39, 0.29) is 6.04 Å². The Morgan fingerprint density at radius 3 is 2.92 bits per heavy atom. The summed E-state index contributed by atoms with van der Waals surface area (Å²) in [7, 11) is 3.87. The van der Waals surface area contributed by atoms with Crippen LogP contribution in [-0.4, -0.2) is 30.1 Å². The van der Waals surface area contributed by atoms with E-state index in [1.54, 1.807) is 11.3 Å². The molecule has 74 valence electrons. The van der Waals surface area contributed by atoms with Gasteiger partial charge in [-0.1, -0.05) is 0 Å². The highest BCUT2D eigenvalue weighted by Gasteiger charge is 2.03. The lowest BCUT2D eigenvalue weighted by molar-refractivity contribution is 0.494. The summed E-state index contributed by atoms with van der Waals surface area (Å²) in [6.45, 7) is 1.98. The molecule has 13 heavy (non-hydrogen) atoms. The summed E-state index contributed by atoms with van der Waals surface area (Å²) >= 11 is 1.60. The number of thiazole rings is 1. The number of hydrogen-bond donors (Lipinski definition) is 2. The van der Waals surface area contributed by atoms with Gasteiger partial charge in [-0.2, -0.15) is 0 Å². The number of hydrogen-bond acceptors (Lipinski definition) is 5. The van der Waals surface area contributed by atoms with Crippen molar-refractivity contribution in [3.8, 4) is 0 Å². The zero-order valence-electron chi connectivity index (χ0n) is 8.24. The van der Waals surface area contributed by atoms with Crippen LogP contribution in [0.25, 0.3) is 0 Å². The van der Waals surface area contributed by atoms with E-state index in [2.05, 4.69) is 10.4 Å². The largest absolute Gasteiger partial charge is 0.328 e. The zero-order chi connectivity index (χ0) is 9.84. The molecule has 4 nitrogen and oxygen atoms in total. The second-order valence-corrected chi connectivity index (χ2v) is 4.19. The van der Waals surface area contributed by atoms with E-state index in [1.807, 2.05) is 31.4 Å². The first-order valence-corrected chi connectivity index (χ1v) is 5.10. The van der Waals surface area contributed by atoms with Gasteiger partial charge in [-0.3, -0.25) is 5.43 Å². The van der Waals surface area contributed by atoms with Crippen LogP contribution in [0.2, 0.25) is 0 Å². The Morgan fingerprint density at radius 1 is 1.69 bits per heavy atom. The number of rotatable bonds is 4. The number of aromatic nitrogens is 1. The van der Waals surface area contributed by atoms with Gasteiger partial charge in [-0.15, -0.1) is 11.3 Å². The summed E-state index contributed by atoms with van der Waals surface area (Å²) in [5, 5.41) is 4.82. The van der Waals surface area contributed by atoms with E-state index in [4.69, 9.17) is 5.73 Å². The van der Waals surface area contributed by atoms with E-state index < -0.39 is 0 Å². The van der Waals surface area contributed by atoms with Gasteiger partial charge in [0.2, 0.25) is 0 Å². The third-order valence-corrected chi connectivity index (χ3v) is 2.20. The summed E-state index contributed by atoms with van der Waals surface area (Å²) in [4.78, 5) is 4.38. The van der Waals surface area contributed by atoms with E-state index in [9.17, 15) is 0 Å². The van der Waals surface area contributed by atoms with Gasteiger partial charge in [0.05, 0.1) is 5.69 Å². The number of hydrazine groups is 1. The molecule has 0 radical (unpaired) electrons. The Hall–Kier alpha value is -0.650. The topological polar surface area (TPSA) is 54.2 Å². The smallest absolute Gasteiger partial charge is 0.197 e. The van der Waals surface area contributed by atoms with Crippen LogP contribution < -0.4 is 11.2 Å². The Bertz CT molecular complexity index is 232. The average Bonchev–Trinajstić information content (AvgIpc) is 2.33. The Labute approximate surface area is 82.7 Å². The maximum atomic E-state index is 5.67. The van der Waals surface area contributed by atoms with Crippen molar-refractivity contribution < 1.29 is 0 Å². The molecule has 1 atom stereocenters. The van der Waals surface area contributed by atoms with E-state index in [0.29, 0.717) is 0 Å². The average molecular weight is 200 g/mol. The molecule has 0 amide bonds. The van der Waals surface area contributed by atoms with Crippen molar-refractivity contribution in [2.75, 3.05) is 19.5 Å². The molecule has 1 unspecified atom stereocenters. The summed E-state index contributed by atoms with van der Waals surface area (Å²) in [6.07, 6.45) is 0.839. The van der Waals surface area contributed by atoms with Gasteiger partial charge in [0.25, 0.3) is 0 Å². The molecular formula is C8H16N4S.